The summed E-state index contributed by atoms with van der Waals surface area (Å²) in [6.07, 6.45) is 5.43. The Balaban J connectivity index is 2.58. The molecule has 1 heterocycles. The SMILES string of the molecule is CCCCc1cn(C)c(N)n1. The van der Waals surface area contributed by atoms with E-state index in [1.807, 2.05) is 17.8 Å². The first-order valence-corrected chi connectivity index (χ1v) is 4.01. The molecule has 0 aromatic carbocycles. The highest BCUT2D eigenvalue weighted by Crippen LogP contribution is 2.05. The van der Waals surface area contributed by atoms with Gasteiger partial charge in [-0.3, -0.25) is 0 Å². The summed E-state index contributed by atoms with van der Waals surface area (Å²) in [6.45, 7) is 2.17. The molecule has 3 heteroatoms. The summed E-state index contributed by atoms with van der Waals surface area (Å²) in [5.41, 5.74) is 6.67. The van der Waals surface area contributed by atoms with E-state index in [0.29, 0.717) is 5.95 Å². The number of hydrogen-bond acceptors (Lipinski definition) is 2. The number of rotatable bonds is 3. The van der Waals surface area contributed by atoms with Crippen molar-refractivity contribution in [2.75, 3.05) is 5.73 Å². The van der Waals surface area contributed by atoms with E-state index in [1.54, 1.807) is 0 Å². The van der Waals surface area contributed by atoms with Crippen molar-refractivity contribution in [3.05, 3.63) is 11.9 Å². The molecule has 3 nitrogen and oxygen atoms in total. The Kier molecular flexibility index (Phi) is 2.52. The number of imidazole rings is 1. The smallest absolute Gasteiger partial charge is 0.200 e. The van der Waals surface area contributed by atoms with Gasteiger partial charge < -0.3 is 10.3 Å². The van der Waals surface area contributed by atoms with Crippen LogP contribution in [0.15, 0.2) is 6.20 Å². The van der Waals surface area contributed by atoms with Crippen LogP contribution >= 0.6 is 0 Å². The van der Waals surface area contributed by atoms with Gasteiger partial charge in [-0.1, -0.05) is 13.3 Å². The summed E-state index contributed by atoms with van der Waals surface area (Å²) in [6, 6.07) is 0. The molecular weight excluding hydrogens is 138 g/mol. The molecule has 0 spiro atoms. The fraction of sp³-hybridized carbons (Fsp3) is 0.625. The third kappa shape index (κ3) is 1.97. The second-order valence-electron chi connectivity index (χ2n) is 2.80. The van der Waals surface area contributed by atoms with E-state index in [9.17, 15) is 0 Å². The summed E-state index contributed by atoms with van der Waals surface area (Å²) in [4.78, 5) is 4.19. The van der Waals surface area contributed by atoms with Crippen LogP contribution in [0.25, 0.3) is 0 Å². The third-order valence-corrected chi connectivity index (χ3v) is 1.75. The number of hydrogen-bond donors (Lipinski definition) is 1. The second-order valence-corrected chi connectivity index (χ2v) is 2.80. The van der Waals surface area contributed by atoms with E-state index in [2.05, 4.69) is 11.9 Å². The molecule has 0 saturated carbocycles. The van der Waals surface area contributed by atoms with Gasteiger partial charge in [0.15, 0.2) is 5.95 Å². The molecule has 0 aliphatic carbocycles. The lowest BCUT2D eigenvalue weighted by molar-refractivity contribution is 0.780. The predicted octanol–water partition coefficient (Wildman–Crippen LogP) is 1.34. The fourth-order valence-electron chi connectivity index (χ4n) is 1.02. The molecule has 0 atom stereocenters. The van der Waals surface area contributed by atoms with Gasteiger partial charge in [-0.05, 0) is 12.8 Å². The number of nitrogens with zero attached hydrogens (tertiary/aromatic N) is 2. The Hall–Kier alpha value is -0.990. The molecule has 0 bridgehead atoms. The summed E-state index contributed by atoms with van der Waals surface area (Å²) in [5.74, 6) is 0.608. The maximum absolute atomic E-state index is 5.56. The van der Waals surface area contributed by atoms with E-state index < -0.39 is 0 Å². The molecule has 1 aromatic rings. The molecule has 11 heavy (non-hydrogen) atoms. The quantitative estimate of drug-likeness (QED) is 0.712. The van der Waals surface area contributed by atoms with Crippen LogP contribution in [0, 0.1) is 0 Å². The normalized spacial score (nSPS) is 10.4. The first-order chi connectivity index (χ1) is 5.24. The van der Waals surface area contributed by atoms with Gasteiger partial charge in [0.2, 0.25) is 0 Å². The molecule has 1 rings (SSSR count). The largest absolute Gasteiger partial charge is 0.369 e. The summed E-state index contributed by atoms with van der Waals surface area (Å²) < 4.78 is 1.85. The fourth-order valence-corrected chi connectivity index (χ4v) is 1.02. The van der Waals surface area contributed by atoms with Crippen LogP contribution in [0.3, 0.4) is 0 Å². The van der Waals surface area contributed by atoms with Crippen molar-refractivity contribution in [1.29, 1.82) is 0 Å². The van der Waals surface area contributed by atoms with Crippen LogP contribution < -0.4 is 5.73 Å². The molecule has 1 aromatic heterocycles. The molecule has 0 amide bonds. The van der Waals surface area contributed by atoms with Gasteiger partial charge in [-0.15, -0.1) is 0 Å². The highest BCUT2D eigenvalue weighted by atomic mass is 15.1. The van der Waals surface area contributed by atoms with Crippen LogP contribution in [-0.2, 0) is 13.5 Å². The van der Waals surface area contributed by atoms with Gasteiger partial charge in [-0.25, -0.2) is 4.98 Å². The minimum Gasteiger partial charge on any atom is -0.369 e. The summed E-state index contributed by atoms with van der Waals surface area (Å²) >= 11 is 0. The van der Waals surface area contributed by atoms with E-state index in [1.165, 1.54) is 12.8 Å². The molecule has 0 radical (unpaired) electrons. The Bertz CT molecular complexity index is 208. The first kappa shape index (κ1) is 8.11. The van der Waals surface area contributed by atoms with Crippen LogP contribution in [0.1, 0.15) is 25.5 Å². The number of nitrogens with two attached hydrogens (primary N) is 1. The molecular formula is C8H15N3. The lowest BCUT2D eigenvalue weighted by Gasteiger charge is -1.90. The van der Waals surface area contributed by atoms with Crippen molar-refractivity contribution in [2.24, 2.45) is 7.05 Å². The van der Waals surface area contributed by atoms with Gasteiger partial charge >= 0.3 is 0 Å². The molecule has 0 saturated heterocycles. The van der Waals surface area contributed by atoms with Crippen molar-refractivity contribution < 1.29 is 0 Å². The Morgan fingerprint density at radius 3 is 2.82 bits per heavy atom. The van der Waals surface area contributed by atoms with Crippen molar-refractivity contribution in [2.45, 2.75) is 26.2 Å². The number of aryl methyl sites for hydroxylation is 2. The molecule has 0 aliphatic heterocycles. The lowest BCUT2D eigenvalue weighted by Crippen LogP contribution is -1.94. The highest BCUT2D eigenvalue weighted by Gasteiger charge is 1.99. The number of aromatic nitrogens is 2. The number of nitrogen functional groups attached to an aromatic ring is 1. The van der Waals surface area contributed by atoms with Gasteiger partial charge in [0.25, 0.3) is 0 Å². The zero-order valence-corrected chi connectivity index (χ0v) is 7.17. The zero-order valence-electron chi connectivity index (χ0n) is 7.17. The lowest BCUT2D eigenvalue weighted by atomic mass is 10.2. The molecule has 0 fully saturated rings. The van der Waals surface area contributed by atoms with Gasteiger partial charge in [-0.2, -0.15) is 0 Å². The van der Waals surface area contributed by atoms with Crippen LogP contribution in [0.2, 0.25) is 0 Å². The molecule has 0 aliphatic rings. The van der Waals surface area contributed by atoms with Gasteiger partial charge in [0.1, 0.15) is 0 Å². The monoisotopic (exact) mass is 153 g/mol. The Morgan fingerprint density at radius 2 is 2.36 bits per heavy atom. The van der Waals surface area contributed by atoms with Crippen LogP contribution in [0.4, 0.5) is 5.95 Å². The van der Waals surface area contributed by atoms with Gasteiger partial charge in [0.05, 0.1) is 5.69 Å². The Morgan fingerprint density at radius 1 is 1.64 bits per heavy atom. The van der Waals surface area contributed by atoms with Crippen molar-refractivity contribution in [3.63, 3.8) is 0 Å². The molecule has 2 N–H and O–H groups in total. The standard InChI is InChI=1S/C8H15N3/c1-3-4-5-7-6-11(2)8(9)10-7/h6H,3-5H2,1-2H3,(H2,9,10). The highest BCUT2D eigenvalue weighted by molar-refractivity contribution is 5.21. The van der Waals surface area contributed by atoms with Crippen molar-refractivity contribution in [3.8, 4) is 0 Å². The summed E-state index contributed by atoms with van der Waals surface area (Å²) in [7, 11) is 1.91. The average Bonchev–Trinajstić information content (AvgIpc) is 2.28. The Labute approximate surface area is 67.2 Å². The van der Waals surface area contributed by atoms with E-state index in [0.717, 1.165) is 12.1 Å². The van der Waals surface area contributed by atoms with E-state index in [4.69, 9.17) is 5.73 Å². The van der Waals surface area contributed by atoms with E-state index >= 15 is 0 Å². The molecule has 0 unspecified atom stereocenters. The van der Waals surface area contributed by atoms with Gasteiger partial charge in [0, 0.05) is 13.2 Å². The summed E-state index contributed by atoms with van der Waals surface area (Å²) in [5, 5.41) is 0. The van der Waals surface area contributed by atoms with Crippen molar-refractivity contribution in [1.82, 2.24) is 9.55 Å². The predicted molar refractivity (Wildman–Crippen MR) is 46.2 cm³/mol. The first-order valence-electron chi connectivity index (χ1n) is 4.01. The zero-order chi connectivity index (χ0) is 8.27. The minimum atomic E-state index is 0.608. The van der Waals surface area contributed by atoms with E-state index in [-0.39, 0.29) is 0 Å². The maximum atomic E-state index is 5.56. The van der Waals surface area contributed by atoms with Crippen LogP contribution in [-0.4, -0.2) is 9.55 Å². The van der Waals surface area contributed by atoms with Crippen molar-refractivity contribution >= 4 is 5.95 Å². The van der Waals surface area contributed by atoms with Crippen LogP contribution in [0.5, 0.6) is 0 Å². The number of anilines is 1. The minimum absolute atomic E-state index is 0.608. The third-order valence-electron chi connectivity index (χ3n) is 1.75. The number of unbranched alkanes of at least 4 members (excludes halogenated alkanes) is 1. The molecule has 62 valence electrons. The second kappa shape index (κ2) is 3.42. The maximum Gasteiger partial charge on any atom is 0.200 e. The average molecular weight is 153 g/mol. The topological polar surface area (TPSA) is 43.8 Å².